The van der Waals surface area contributed by atoms with E-state index in [1.807, 2.05) is 27.7 Å². The van der Waals surface area contributed by atoms with Crippen molar-refractivity contribution in [2.24, 2.45) is 5.92 Å². The third-order valence-corrected chi connectivity index (χ3v) is 4.39. The Hall–Kier alpha value is -2.70. The molecule has 0 spiro atoms. The smallest absolute Gasteiger partial charge is 0.330 e. The number of rotatable bonds is 6. The quantitative estimate of drug-likeness (QED) is 0.608. The number of fused-ring (bicyclic) bond motifs is 1. The summed E-state index contributed by atoms with van der Waals surface area (Å²) in [4.78, 5) is 51.0. The van der Waals surface area contributed by atoms with Gasteiger partial charge in [-0.2, -0.15) is 0 Å². The van der Waals surface area contributed by atoms with Crippen LogP contribution in [0.3, 0.4) is 0 Å². The average molecular weight is 374 g/mol. The molecule has 0 aromatic heterocycles. The van der Waals surface area contributed by atoms with Crippen molar-refractivity contribution >= 4 is 23.7 Å². The monoisotopic (exact) mass is 374 g/mol. The van der Waals surface area contributed by atoms with Crippen molar-refractivity contribution in [1.29, 1.82) is 0 Å². The Morgan fingerprint density at radius 3 is 2.07 bits per heavy atom. The molecule has 2 rings (SSSR count). The van der Waals surface area contributed by atoms with Crippen LogP contribution >= 0.6 is 0 Å². The maximum Gasteiger partial charge on any atom is 0.330 e. The van der Waals surface area contributed by atoms with Gasteiger partial charge >= 0.3 is 5.97 Å². The molecule has 1 aliphatic heterocycles. The Labute approximate surface area is 159 Å². The van der Waals surface area contributed by atoms with E-state index < -0.39 is 41.9 Å². The van der Waals surface area contributed by atoms with Crippen LogP contribution in [-0.4, -0.2) is 46.8 Å². The summed E-state index contributed by atoms with van der Waals surface area (Å²) in [6, 6.07) is 5.38. The molecule has 0 bridgehead atoms. The predicted molar refractivity (Wildman–Crippen MR) is 99.0 cm³/mol. The van der Waals surface area contributed by atoms with Gasteiger partial charge in [-0.05, 0) is 38.8 Å². The van der Waals surface area contributed by atoms with E-state index in [4.69, 9.17) is 4.74 Å². The zero-order chi connectivity index (χ0) is 20.4. The molecule has 1 aliphatic rings. The van der Waals surface area contributed by atoms with Crippen molar-refractivity contribution in [3.05, 3.63) is 35.4 Å². The Bertz CT molecular complexity index is 731. The van der Waals surface area contributed by atoms with Crippen molar-refractivity contribution in [3.8, 4) is 0 Å². The zero-order valence-corrected chi connectivity index (χ0v) is 16.4. The van der Waals surface area contributed by atoms with Gasteiger partial charge in [0.25, 0.3) is 17.7 Å². The fourth-order valence-electron chi connectivity index (χ4n) is 2.95. The number of hydrogen-bond donors (Lipinski definition) is 1. The van der Waals surface area contributed by atoms with Crippen LogP contribution in [0.4, 0.5) is 0 Å². The fourth-order valence-corrected chi connectivity index (χ4v) is 2.95. The molecule has 1 aromatic carbocycles. The summed E-state index contributed by atoms with van der Waals surface area (Å²) in [5, 5.41) is 2.69. The average Bonchev–Trinajstić information content (AvgIpc) is 2.84. The molecule has 1 heterocycles. The molecule has 27 heavy (non-hydrogen) atoms. The summed E-state index contributed by atoms with van der Waals surface area (Å²) in [5.41, 5.74) is 0.0884. The number of esters is 1. The van der Waals surface area contributed by atoms with E-state index in [1.165, 1.54) is 0 Å². The lowest BCUT2D eigenvalue weighted by atomic mass is 9.97. The maximum absolute atomic E-state index is 12.7. The highest BCUT2D eigenvalue weighted by Gasteiger charge is 2.45. The zero-order valence-electron chi connectivity index (χ0n) is 16.4. The number of carbonyl (C=O) groups is 4. The van der Waals surface area contributed by atoms with Gasteiger partial charge in [-0.3, -0.25) is 19.3 Å². The van der Waals surface area contributed by atoms with E-state index in [0.29, 0.717) is 6.42 Å². The molecule has 0 saturated heterocycles. The number of amides is 3. The van der Waals surface area contributed by atoms with Gasteiger partial charge in [0.2, 0.25) is 0 Å². The summed E-state index contributed by atoms with van der Waals surface area (Å²) >= 11 is 0. The topological polar surface area (TPSA) is 92.8 Å². The molecule has 1 N–H and O–H groups in total. The number of nitrogens with one attached hydrogen (secondary N) is 1. The Morgan fingerprint density at radius 1 is 1.11 bits per heavy atom. The first-order valence-electron chi connectivity index (χ1n) is 9.01. The van der Waals surface area contributed by atoms with Crippen LogP contribution in [0.1, 0.15) is 61.8 Å². The van der Waals surface area contributed by atoms with Crippen LogP contribution in [0.15, 0.2) is 24.3 Å². The van der Waals surface area contributed by atoms with Gasteiger partial charge in [0.15, 0.2) is 6.61 Å². The summed E-state index contributed by atoms with van der Waals surface area (Å²) in [7, 11) is 0. The van der Waals surface area contributed by atoms with Crippen molar-refractivity contribution in [3.63, 3.8) is 0 Å². The Balaban J connectivity index is 2.19. The number of carbonyl (C=O) groups excluding carboxylic acids is 4. The molecule has 7 nitrogen and oxygen atoms in total. The normalized spacial score (nSPS) is 16.0. The molecule has 0 radical (unpaired) electrons. The lowest BCUT2D eigenvalue weighted by molar-refractivity contribution is -0.154. The maximum atomic E-state index is 12.7. The van der Waals surface area contributed by atoms with Crippen LogP contribution in [0, 0.1) is 5.92 Å². The Morgan fingerprint density at radius 2 is 1.63 bits per heavy atom. The highest BCUT2D eigenvalue weighted by Crippen LogP contribution is 2.28. The largest absolute Gasteiger partial charge is 0.454 e. The molecule has 7 heteroatoms. The van der Waals surface area contributed by atoms with Gasteiger partial charge in [0.05, 0.1) is 11.1 Å². The summed E-state index contributed by atoms with van der Waals surface area (Å²) in [6.45, 7) is 8.60. The molecule has 0 saturated carbocycles. The van der Waals surface area contributed by atoms with Crippen LogP contribution in [0.2, 0.25) is 0 Å². The van der Waals surface area contributed by atoms with Crippen LogP contribution < -0.4 is 5.32 Å². The fraction of sp³-hybridized carbons (Fsp3) is 0.500. The van der Waals surface area contributed by atoms with Crippen LogP contribution in [0.25, 0.3) is 0 Å². The molecule has 146 valence electrons. The molecular formula is C20H26N2O5. The van der Waals surface area contributed by atoms with Gasteiger partial charge in [-0.15, -0.1) is 0 Å². The molecule has 1 aromatic rings. The highest BCUT2D eigenvalue weighted by molar-refractivity contribution is 6.22. The van der Waals surface area contributed by atoms with Gasteiger partial charge in [0.1, 0.15) is 6.04 Å². The number of nitrogens with zero attached hydrogens (tertiary/aromatic N) is 1. The summed E-state index contributed by atoms with van der Waals surface area (Å²) in [6.07, 6.45) is 0.557. The first-order valence-corrected chi connectivity index (χ1v) is 9.01. The molecule has 3 amide bonds. The first kappa shape index (κ1) is 20.6. The number of hydrogen-bond acceptors (Lipinski definition) is 5. The summed E-state index contributed by atoms with van der Waals surface area (Å²) < 4.78 is 5.15. The van der Waals surface area contributed by atoms with E-state index in [2.05, 4.69) is 5.32 Å². The van der Waals surface area contributed by atoms with E-state index in [0.717, 1.165) is 4.90 Å². The minimum Gasteiger partial charge on any atom is -0.454 e. The molecule has 0 fully saturated rings. The minimum absolute atomic E-state index is 0.272. The number of imide groups is 1. The van der Waals surface area contributed by atoms with Crippen molar-refractivity contribution in [1.82, 2.24) is 10.2 Å². The number of ether oxygens (including phenoxy) is 1. The van der Waals surface area contributed by atoms with Crippen LogP contribution in [-0.2, 0) is 14.3 Å². The van der Waals surface area contributed by atoms with Gasteiger partial charge in [-0.1, -0.05) is 32.4 Å². The third kappa shape index (κ3) is 4.53. The second-order valence-electron chi connectivity index (χ2n) is 7.76. The van der Waals surface area contributed by atoms with Gasteiger partial charge in [-0.25, -0.2) is 4.79 Å². The first-order chi connectivity index (χ1) is 12.6. The van der Waals surface area contributed by atoms with Crippen LogP contribution in [0.5, 0.6) is 0 Å². The SMILES string of the molecule is CC[C@H](C)[C@@H](C(=O)OCC(=O)NC(C)(C)C)N1C(=O)c2ccccc2C1=O. The second kappa shape index (κ2) is 7.90. The van der Waals surface area contributed by atoms with Gasteiger partial charge in [0, 0.05) is 5.54 Å². The van der Waals surface area contributed by atoms with Crippen molar-refractivity contribution < 1.29 is 23.9 Å². The van der Waals surface area contributed by atoms with E-state index in [9.17, 15) is 19.2 Å². The van der Waals surface area contributed by atoms with Gasteiger partial charge < -0.3 is 10.1 Å². The lowest BCUT2D eigenvalue weighted by Gasteiger charge is -2.29. The summed E-state index contributed by atoms with van der Waals surface area (Å²) in [5.74, 6) is -2.55. The minimum atomic E-state index is -1.08. The lowest BCUT2D eigenvalue weighted by Crippen LogP contribution is -2.50. The number of benzene rings is 1. The molecule has 0 unspecified atom stereocenters. The van der Waals surface area contributed by atoms with E-state index in [1.54, 1.807) is 31.2 Å². The Kier molecular flexibility index (Phi) is 6.03. The predicted octanol–water partition coefficient (Wildman–Crippen LogP) is 2.16. The molecule has 0 aliphatic carbocycles. The van der Waals surface area contributed by atoms with E-state index >= 15 is 0 Å². The standard InChI is InChI=1S/C20H26N2O5/c1-6-12(2)16(19(26)27-11-15(23)21-20(3,4)5)22-17(24)13-9-7-8-10-14(13)18(22)25/h7-10,12,16H,6,11H2,1-5H3,(H,21,23)/t12-,16-/m0/s1. The third-order valence-electron chi connectivity index (χ3n) is 4.39. The second-order valence-corrected chi connectivity index (χ2v) is 7.76. The van der Waals surface area contributed by atoms with Crippen molar-refractivity contribution in [2.75, 3.05) is 6.61 Å². The molecular weight excluding hydrogens is 348 g/mol. The van der Waals surface area contributed by atoms with E-state index in [-0.39, 0.29) is 17.0 Å². The van der Waals surface area contributed by atoms with Crippen molar-refractivity contribution in [2.45, 2.75) is 52.6 Å². The molecule has 2 atom stereocenters. The highest BCUT2D eigenvalue weighted by atomic mass is 16.5.